The number of halogens is 1. The smallest absolute Gasteiger partial charge is 0.263 e. The number of aryl methyl sites for hydroxylation is 1. The minimum absolute atomic E-state index is 0.120. The van der Waals surface area contributed by atoms with Gasteiger partial charge in [-0.3, -0.25) is 4.79 Å². The van der Waals surface area contributed by atoms with Gasteiger partial charge in [0.05, 0.1) is 17.7 Å². The van der Waals surface area contributed by atoms with Crippen LogP contribution >= 0.6 is 11.3 Å². The molecular weight excluding hydrogens is 381 g/mol. The van der Waals surface area contributed by atoms with E-state index in [1.54, 1.807) is 17.6 Å². The molecule has 0 saturated carbocycles. The topological polar surface area (TPSA) is 87.6 Å². The molecule has 0 aliphatic carbocycles. The van der Waals surface area contributed by atoms with E-state index in [0.29, 0.717) is 42.8 Å². The monoisotopic (exact) mass is 407 g/mol. The predicted octanol–water partition coefficient (Wildman–Crippen LogP) is 2.34. The summed E-state index contributed by atoms with van der Waals surface area (Å²) in [4.78, 5) is 21.2. The number of carbonyl (C=O) groups excluding carboxylic acids is 1. The fraction of sp³-hybridized carbons (Fsp3) is 0.421. The van der Waals surface area contributed by atoms with Crippen LogP contribution in [0.5, 0.6) is 5.75 Å². The van der Waals surface area contributed by atoms with Crippen LogP contribution in [0.1, 0.15) is 29.2 Å². The van der Waals surface area contributed by atoms with Crippen LogP contribution in [0.25, 0.3) is 0 Å². The molecule has 2 rings (SSSR count). The number of carbonyl (C=O) groups is 1. The fourth-order valence-electron chi connectivity index (χ4n) is 2.30. The number of benzene rings is 1. The maximum atomic E-state index is 12.9. The lowest BCUT2D eigenvalue weighted by Gasteiger charge is -2.15. The van der Waals surface area contributed by atoms with Gasteiger partial charge in [0.15, 0.2) is 5.96 Å². The van der Waals surface area contributed by atoms with Crippen molar-refractivity contribution in [2.24, 2.45) is 4.99 Å². The Hall–Kier alpha value is -2.68. The Labute approximate surface area is 168 Å². The number of thiazole rings is 1. The summed E-state index contributed by atoms with van der Waals surface area (Å²) < 4.78 is 18.7. The van der Waals surface area contributed by atoms with Crippen molar-refractivity contribution >= 4 is 23.2 Å². The van der Waals surface area contributed by atoms with Crippen LogP contribution in [0.15, 0.2) is 34.8 Å². The van der Waals surface area contributed by atoms with Crippen LogP contribution in [0.3, 0.4) is 0 Å². The average molecular weight is 408 g/mol. The van der Waals surface area contributed by atoms with E-state index in [-0.39, 0.29) is 17.8 Å². The van der Waals surface area contributed by atoms with Crippen molar-refractivity contribution in [2.45, 2.75) is 26.9 Å². The third-order valence-corrected chi connectivity index (χ3v) is 4.58. The minimum atomic E-state index is -0.297. The first-order chi connectivity index (χ1) is 13.5. The van der Waals surface area contributed by atoms with Crippen LogP contribution in [0, 0.1) is 12.7 Å². The highest BCUT2D eigenvalue weighted by Gasteiger charge is 2.10. The molecule has 2 aromatic rings. The first-order valence-electron chi connectivity index (χ1n) is 9.12. The third kappa shape index (κ3) is 7.15. The van der Waals surface area contributed by atoms with Gasteiger partial charge in [0, 0.05) is 19.6 Å². The minimum Gasteiger partial charge on any atom is -0.489 e. The van der Waals surface area contributed by atoms with E-state index in [9.17, 15) is 9.18 Å². The van der Waals surface area contributed by atoms with Gasteiger partial charge in [0.25, 0.3) is 5.91 Å². The normalized spacial score (nSPS) is 12.4. The summed E-state index contributed by atoms with van der Waals surface area (Å²) in [5.74, 6) is 0.822. The van der Waals surface area contributed by atoms with Crippen molar-refractivity contribution in [3.63, 3.8) is 0 Å². The number of nitrogens with one attached hydrogen (secondary N) is 3. The SMILES string of the molecule is CCNC(=NCC(C)Oc1ccc(F)cc1)NCCNC(=O)c1scnc1C. The molecule has 3 N–H and O–H groups in total. The summed E-state index contributed by atoms with van der Waals surface area (Å²) >= 11 is 1.33. The van der Waals surface area contributed by atoms with Crippen molar-refractivity contribution in [3.8, 4) is 5.75 Å². The molecule has 1 aromatic carbocycles. The Morgan fingerprint density at radius 3 is 2.61 bits per heavy atom. The molecule has 0 radical (unpaired) electrons. The Balaban J connectivity index is 1.75. The zero-order chi connectivity index (χ0) is 20.4. The number of aromatic nitrogens is 1. The van der Waals surface area contributed by atoms with E-state index < -0.39 is 0 Å². The van der Waals surface area contributed by atoms with Gasteiger partial charge in [0.2, 0.25) is 0 Å². The summed E-state index contributed by atoms with van der Waals surface area (Å²) in [6.07, 6.45) is -0.171. The number of guanidine groups is 1. The molecule has 9 heteroatoms. The molecule has 1 atom stereocenters. The van der Waals surface area contributed by atoms with Crippen LogP contribution in [0.4, 0.5) is 4.39 Å². The molecule has 1 heterocycles. The van der Waals surface area contributed by atoms with E-state index >= 15 is 0 Å². The highest BCUT2D eigenvalue weighted by molar-refractivity contribution is 7.11. The highest BCUT2D eigenvalue weighted by atomic mass is 32.1. The van der Waals surface area contributed by atoms with Gasteiger partial charge in [-0.15, -0.1) is 11.3 Å². The summed E-state index contributed by atoms with van der Waals surface area (Å²) in [6, 6.07) is 5.90. The van der Waals surface area contributed by atoms with E-state index in [0.717, 1.165) is 5.69 Å². The number of hydrogen-bond donors (Lipinski definition) is 3. The van der Waals surface area contributed by atoms with Crippen molar-refractivity contribution in [3.05, 3.63) is 46.2 Å². The van der Waals surface area contributed by atoms with Gasteiger partial charge in [-0.2, -0.15) is 0 Å². The summed E-state index contributed by atoms with van der Waals surface area (Å²) in [5.41, 5.74) is 2.40. The summed E-state index contributed by atoms with van der Waals surface area (Å²) in [5, 5.41) is 9.17. The van der Waals surface area contributed by atoms with Gasteiger partial charge in [-0.05, 0) is 45.0 Å². The van der Waals surface area contributed by atoms with Gasteiger partial charge in [-0.25, -0.2) is 14.4 Å². The second-order valence-corrected chi connectivity index (χ2v) is 6.91. The van der Waals surface area contributed by atoms with Crippen molar-refractivity contribution < 1.29 is 13.9 Å². The second-order valence-electron chi connectivity index (χ2n) is 6.05. The van der Waals surface area contributed by atoms with Crippen LogP contribution in [-0.2, 0) is 0 Å². The molecule has 0 spiro atoms. The Morgan fingerprint density at radius 1 is 1.25 bits per heavy atom. The van der Waals surface area contributed by atoms with E-state index in [4.69, 9.17) is 4.74 Å². The quantitative estimate of drug-likeness (QED) is 0.337. The predicted molar refractivity (Wildman–Crippen MR) is 110 cm³/mol. The van der Waals surface area contributed by atoms with Crippen LogP contribution < -0.4 is 20.7 Å². The largest absolute Gasteiger partial charge is 0.489 e. The molecule has 28 heavy (non-hydrogen) atoms. The molecule has 0 bridgehead atoms. The lowest BCUT2D eigenvalue weighted by Crippen LogP contribution is -2.42. The van der Waals surface area contributed by atoms with Crippen LogP contribution in [0.2, 0.25) is 0 Å². The van der Waals surface area contributed by atoms with Crippen molar-refractivity contribution in [1.82, 2.24) is 20.9 Å². The van der Waals surface area contributed by atoms with E-state index in [2.05, 4.69) is 25.9 Å². The molecule has 0 aliphatic heterocycles. The molecule has 0 fully saturated rings. The fourth-order valence-corrected chi connectivity index (χ4v) is 3.02. The van der Waals surface area contributed by atoms with Crippen molar-refractivity contribution in [2.75, 3.05) is 26.2 Å². The standard InChI is InChI=1S/C19H26FN5O2S/c1-4-21-19(23-10-9-22-18(26)17-14(3)25-12-28-17)24-11-13(2)27-16-7-5-15(20)6-8-16/h5-8,12-13H,4,9-11H2,1-3H3,(H,22,26)(H2,21,23,24). The molecule has 1 aromatic heterocycles. The Kier molecular flexibility index (Phi) is 8.67. The number of ether oxygens (including phenoxy) is 1. The maximum absolute atomic E-state index is 12.9. The van der Waals surface area contributed by atoms with E-state index in [1.807, 2.05) is 20.8 Å². The van der Waals surface area contributed by atoms with Gasteiger partial charge in [-0.1, -0.05) is 0 Å². The summed E-state index contributed by atoms with van der Waals surface area (Å²) in [7, 11) is 0. The lowest BCUT2D eigenvalue weighted by molar-refractivity contribution is 0.0957. The molecule has 1 amide bonds. The molecular formula is C19H26FN5O2S. The number of aliphatic imine (C=N–C) groups is 1. The van der Waals surface area contributed by atoms with Gasteiger partial charge < -0.3 is 20.7 Å². The number of nitrogens with zero attached hydrogens (tertiary/aromatic N) is 2. The average Bonchev–Trinajstić information content (AvgIpc) is 3.11. The summed E-state index contributed by atoms with van der Waals surface area (Å²) in [6.45, 7) is 7.82. The van der Waals surface area contributed by atoms with Gasteiger partial charge >= 0.3 is 0 Å². The molecule has 0 aliphatic rings. The third-order valence-electron chi connectivity index (χ3n) is 3.66. The zero-order valence-corrected chi connectivity index (χ0v) is 17.1. The zero-order valence-electron chi connectivity index (χ0n) is 16.3. The highest BCUT2D eigenvalue weighted by Crippen LogP contribution is 2.13. The second kappa shape index (κ2) is 11.2. The first kappa shape index (κ1) is 21.6. The maximum Gasteiger partial charge on any atom is 0.263 e. The number of hydrogen-bond acceptors (Lipinski definition) is 5. The van der Waals surface area contributed by atoms with Crippen molar-refractivity contribution in [1.29, 1.82) is 0 Å². The molecule has 7 nitrogen and oxygen atoms in total. The van der Waals surface area contributed by atoms with Gasteiger partial charge in [0.1, 0.15) is 22.5 Å². The Bertz CT molecular complexity index is 779. The van der Waals surface area contributed by atoms with Crippen LogP contribution in [-0.4, -0.2) is 49.1 Å². The number of amides is 1. The van der Waals surface area contributed by atoms with E-state index in [1.165, 1.54) is 23.5 Å². The molecule has 152 valence electrons. The lowest BCUT2D eigenvalue weighted by atomic mass is 10.3. The molecule has 1 unspecified atom stereocenters. The number of rotatable bonds is 9. The molecule has 0 saturated heterocycles. The first-order valence-corrected chi connectivity index (χ1v) is 10.00. The Morgan fingerprint density at radius 2 is 1.96 bits per heavy atom.